The maximum absolute atomic E-state index is 11.0. The van der Waals surface area contributed by atoms with Gasteiger partial charge >= 0.3 is 18.1 Å². The number of ether oxygens (including phenoxy) is 3. The van der Waals surface area contributed by atoms with Crippen LogP contribution in [0.3, 0.4) is 0 Å². The minimum absolute atomic E-state index is 0.549. The standard InChI is InChI=1S/C30H45I3O8Si6/c1-42(22-4-19-35-28-13-7-25(31)8-14-28)39-47(24-6-21-37-30-17-11-27(33)12-18-30)40-45(38-44(3)46(41-47)43(2)34)23-5-20-36-29-15-9-26(32)10-16-29/h7-18,34,42-46H,4-6,19-24H2,1-3H3. The highest BCUT2D eigenvalue weighted by Crippen LogP contribution is 2.29. The molecule has 258 valence electrons. The average molecular weight is 1080 g/mol. The molecule has 6 unspecified atom stereocenters. The molecule has 3 aromatic carbocycles. The van der Waals surface area contributed by atoms with Crippen LogP contribution in [0.25, 0.3) is 0 Å². The van der Waals surface area contributed by atoms with E-state index < -0.39 is 52.3 Å². The summed E-state index contributed by atoms with van der Waals surface area (Å²) in [5.74, 6) is 2.62. The molecule has 6 atom stereocenters. The van der Waals surface area contributed by atoms with E-state index >= 15 is 0 Å². The van der Waals surface area contributed by atoms with Crippen LogP contribution in [0.2, 0.25) is 37.8 Å². The molecule has 8 nitrogen and oxygen atoms in total. The Hall–Kier alpha value is 0.351. The molecule has 0 spiro atoms. The second kappa shape index (κ2) is 21.0. The van der Waals surface area contributed by atoms with Gasteiger partial charge in [-0.2, -0.15) is 0 Å². The second-order valence-corrected chi connectivity index (χ2v) is 40.6. The first-order chi connectivity index (χ1) is 22.6. The smallest absolute Gasteiger partial charge is 0.470 e. The van der Waals surface area contributed by atoms with Crippen LogP contribution < -0.4 is 14.2 Å². The molecule has 0 aliphatic carbocycles. The molecule has 3 aromatic rings. The Labute approximate surface area is 329 Å². The first-order valence-corrected chi connectivity index (χ1v) is 34.6. The fourth-order valence-corrected chi connectivity index (χ4v) is 46.5. The van der Waals surface area contributed by atoms with Crippen molar-refractivity contribution in [1.29, 1.82) is 0 Å². The van der Waals surface area contributed by atoms with Gasteiger partial charge in [-0.25, -0.2) is 0 Å². The Balaban J connectivity index is 1.41. The first-order valence-electron chi connectivity index (χ1n) is 16.1. The van der Waals surface area contributed by atoms with Gasteiger partial charge in [-0.05, 0) is 185 Å². The van der Waals surface area contributed by atoms with E-state index in [1.807, 2.05) is 55.1 Å². The zero-order chi connectivity index (χ0) is 33.6. The largest absolute Gasteiger partial charge is 0.494 e. The lowest BCUT2D eigenvalue weighted by atomic mass is 10.3. The van der Waals surface area contributed by atoms with Gasteiger partial charge in [0.1, 0.15) is 17.2 Å². The molecule has 1 fully saturated rings. The third-order valence-electron chi connectivity index (χ3n) is 7.53. The van der Waals surface area contributed by atoms with Crippen LogP contribution in [0.4, 0.5) is 0 Å². The number of halogens is 3. The number of rotatable bonds is 18. The summed E-state index contributed by atoms with van der Waals surface area (Å²) in [5.41, 5.74) is 0. The molecule has 47 heavy (non-hydrogen) atoms. The Morgan fingerprint density at radius 2 is 1.17 bits per heavy atom. The summed E-state index contributed by atoms with van der Waals surface area (Å²) in [6.45, 7) is 8.23. The first kappa shape index (κ1) is 40.1. The topological polar surface area (TPSA) is 84.8 Å². The second-order valence-electron chi connectivity index (χ2n) is 11.6. The van der Waals surface area contributed by atoms with E-state index in [0.29, 0.717) is 25.9 Å². The van der Waals surface area contributed by atoms with E-state index in [1.165, 1.54) is 10.7 Å². The fourth-order valence-electron chi connectivity index (χ4n) is 5.16. The van der Waals surface area contributed by atoms with Crippen molar-refractivity contribution < 1.29 is 35.5 Å². The Morgan fingerprint density at radius 3 is 1.66 bits per heavy atom. The molecule has 0 amide bonds. The molecule has 0 saturated carbocycles. The van der Waals surface area contributed by atoms with Gasteiger partial charge in [0.25, 0.3) is 0 Å². The summed E-state index contributed by atoms with van der Waals surface area (Å²) in [4.78, 5) is 11.0. The highest BCUT2D eigenvalue weighted by molar-refractivity contribution is 14.1. The van der Waals surface area contributed by atoms with E-state index in [2.05, 4.69) is 105 Å². The lowest BCUT2D eigenvalue weighted by molar-refractivity contribution is 0.240. The Bertz CT molecular complexity index is 1330. The van der Waals surface area contributed by atoms with E-state index in [4.69, 9.17) is 30.7 Å². The van der Waals surface area contributed by atoms with Crippen LogP contribution in [-0.2, 0) is 16.5 Å². The monoisotopic (exact) mass is 1080 g/mol. The number of benzene rings is 3. The van der Waals surface area contributed by atoms with Gasteiger partial charge in [0.2, 0.25) is 0 Å². The molecular weight excluding hydrogens is 1040 g/mol. The summed E-state index contributed by atoms with van der Waals surface area (Å²) in [5, 5.41) is 0. The van der Waals surface area contributed by atoms with Crippen LogP contribution in [0.5, 0.6) is 17.2 Å². The zero-order valence-corrected chi connectivity index (χ0v) is 40.4. The zero-order valence-electron chi connectivity index (χ0n) is 27.1. The van der Waals surface area contributed by atoms with Crippen molar-refractivity contribution in [2.45, 2.75) is 57.0 Å². The lowest BCUT2D eigenvalue weighted by Gasteiger charge is -2.35. The van der Waals surface area contributed by atoms with Gasteiger partial charge in [0, 0.05) is 16.8 Å². The summed E-state index contributed by atoms with van der Waals surface area (Å²) < 4.78 is 49.6. The normalized spacial score (nSPS) is 22.7. The average Bonchev–Trinajstić information content (AvgIpc) is 3.18. The molecule has 1 aliphatic rings. The molecule has 1 heterocycles. The van der Waals surface area contributed by atoms with Crippen LogP contribution >= 0.6 is 67.8 Å². The summed E-state index contributed by atoms with van der Waals surface area (Å²) in [7, 11) is -12.7. The summed E-state index contributed by atoms with van der Waals surface area (Å²) in [6.07, 6.45) is 2.50. The van der Waals surface area contributed by atoms with Crippen molar-refractivity contribution in [2.75, 3.05) is 19.8 Å². The van der Waals surface area contributed by atoms with E-state index in [9.17, 15) is 4.80 Å². The van der Waals surface area contributed by atoms with Crippen LogP contribution in [0.1, 0.15) is 19.3 Å². The predicted molar refractivity (Wildman–Crippen MR) is 228 cm³/mol. The third kappa shape index (κ3) is 14.5. The minimum Gasteiger partial charge on any atom is -0.494 e. The maximum atomic E-state index is 11.0. The quantitative estimate of drug-likeness (QED) is 0.0894. The molecule has 0 radical (unpaired) electrons. The molecular formula is C30H45I3O8Si6. The molecule has 0 bridgehead atoms. The molecule has 1 aliphatic heterocycles. The maximum Gasteiger partial charge on any atom is 0.470 e. The van der Waals surface area contributed by atoms with E-state index in [-0.39, 0.29) is 0 Å². The van der Waals surface area contributed by atoms with Crippen LogP contribution in [0.15, 0.2) is 72.8 Å². The predicted octanol–water partition coefficient (Wildman–Crippen LogP) is 6.38. The number of hydrogen-bond acceptors (Lipinski definition) is 8. The molecule has 1 N–H and O–H groups in total. The lowest BCUT2D eigenvalue weighted by Crippen LogP contribution is -2.58. The number of hydrogen-bond donors (Lipinski definition) is 1. The van der Waals surface area contributed by atoms with Crippen molar-refractivity contribution >= 4 is 120 Å². The van der Waals surface area contributed by atoms with Gasteiger partial charge in [-0.3, -0.25) is 0 Å². The van der Waals surface area contributed by atoms with E-state index in [1.54, 1.807) is 0 Å². The van der Waals surface area contributed by atoms with E-state index in [0.717, 1.165) is 48.6 Å². The van der Waals surface area contributed by atoms with Gasteiger partial charge in [-0.1, -0.05) is 6.55 Å². The Kier molecular flexibility index (Phi) is 17.9. The van der Waals surface area contributed by atoms with Gasteiger partial charge in [0.05, 0.1) is 19.8 Å². The van der Waals surface area contributed by atoms with Crippen molar-refractivity contribution in [2.24, 2.45) is 0 Å². The van der Waals surface area contributed by atoms with Crippen LogP contribution in [0, 0.1) is 10.7 Å². The molecule has 1 saturated heterocycles. The third-order valence-corrected chi connectivity index (χ3v) is 45.0. The van der Waals surface area contributed by atoms with Crippen LogP contribution in [-0.4, -0.2) is 76.9 Å². The highest BCUT2D eigenvalue weighted by atomic mass is 127. The van der Waals surface area contributed by atoms with Gasteiger partial charge in [-0.15, -0.1) is 0 Å². The minimum atomic E-state index is -3.13. The van der Waals surface area contributed by atoms with Crippen molar-refractivity contribution in [3.63, 3.8) is 0 Å². The fraction of sp³-hybridized carbons (Fsp3) is 0.400. The van der Waals surface area contributed by atoms with Gasteiger partial charge < -0.3 is 35.5 Å². The Morgan fingerprint density at radius 1 is 0.702 bits per heavy atom. The highest BCUT2D eigenvalue weighted by Gasteiger charge is 2.52. The summed E-state index contributed by atoms with van der Waals surface area (Å²) in [6, 6.07) is 26.8. The van der Waals surface area contributed by atoms with Crippen molar-refractivity contribution in [3.05, 3.63) is 83.5 Å². The summed E-state index contributed by atoms with van der Waals surface area (Å²) >= 11 is 6.90. The van der Waals surface area contributed by atoms with Crippen molar-refractivity contribution in [3.8, 4) is 17.2 Å². The SMILES string of the molecule is C[SiH](CCCOc1ccc(I)cc1)O[Si]1(CCCOc2ccc(I)cc2)O[SiH](CCCOc2ccc(I)cc2)O[SiH](C)[SiH]([SiH](C)O)O1. The molecule has 4 rings (SSSR count). The van der Waals surface area contributed by atoms with Crippen molar-refractivity contribution in [1.82, 2.24) is 0 Å². The molecule has 0 aromatic heterocycles. The van der Waals surface area contributed by atoms with Gasteiger partial charge in [0.15, 0.2) is 34.2 Å². The molecule has 17 heteroatoms.